The summed E-state index contributed by atoms with van der Waals surface area (Å²) in [7, 11) is 1.18. The van der Waals surface area contributed by atoms with Gasteiger partial charge in [0.2, 0.25) is 0 Å². The van der Waals surface area contributed by atoms with Crippen LogP contribution in [0.3, 0.4) is 0 Å². The molecule has 0 fully saturated rings. The maximum absolute atomic E-state index is 11.1. The van der Waals surface area contributed by atoms with Crippen molar-refractivity contribution in [3.05, 3.63) is 20.8 Å². The van der Waals surface area contributed by atoms with E-state index >= 15 is 0 Å². The number of halogens is 1. The second-order valence-electron chi connectivity index (χ2n) is 1.92. The average molecular weight is 249 g/mol. The molecule has 1 aromatic heterocycles. The van der Waals surface area contributed by atoms with Crippen molar-refractivity contribution >= 4 is 39.0 Å². The van der Waals surface area contributed by atoms with Crippen LogP contribution in [0.4, 0.5) is 0 Å². The van der Waals surface area contributed by atoms with Crippen LogP contribution in [0.2, 0.25) is 0 Å². The summed E-state index contributed by atoms with van der Waals surface area (Å²) >= 11 is 4.39. The summed E-state index contributed by atoms with van der Waals surface area (Å²) < 4.78 is 5.09. The molecule has 0 aromatic carbocycles. The van der Waals surface area contributed by atoms with Crippen LogP contribution in [0.5, 0.6) is 0 Å². The van der Waals surface area contributed by atoms with Crippen LogP contribution in [-0.2, 0) is 9.53 Å². The van der Waals surface area contributed by atoms with Crippen molar-refractivity contribution in [1.82, 2.24) is 0 Å². The first kappa shape index (κ1) is 9.41. The molecule has 64 valence electrons. The summed E-state index contributed by atoms with van der Waals surface area (Å²) in [5.41, 5.74) is 0. The Kier molecular flexibility index (Phi) is 2.99. The third-order valence-corrected chi connectivity index (χ3v) is 2.79. The number of methoxy groups -OCH3 is 1. The highest BCUT2D eigenvalue weighted by atomic mass is 79.9. The average Bonchev–Trinajstić information content (AvgIpc) is 2.49. The zero-order valence-corrected chi connectivity index (χ0v) is 8.57. The Morgan fingerprint density at radius 3 is 2.58 bits per heavy atom. The maximum atomic E-state index is 11.1. The van der Waals surface area contributed by atoms with Crippen LogP contribution < -0.4 is 0 Å². The van der Waals surface area contributed by atoms with Crippen LogP contribution in [0.15, 0.2) is 15.9 Å². The fourth-order valence-electron chi connectivity index (χ4n) is 0.630. The van der Waals surface area contributed by atoms with Crippen LogP contribution in [0.1, 0.15) is 9.67 Å². The minimum absolute atomic E-state index is 0.383. The van der Waals surface area contributed by atoms with E-state index in [0.29, 0.717) is 4.88 Å². The number of hydrogen-bond donors (Lipinski definition) is 0. The minimum Gasteiger partial charge on any atom is -0.463 e. The van der Waals surface area contributed by atoms with Crippen LogP contribution in [0.25, 0.3) is 0 Å². The van der Waals surface area contributed by atoms with E-state index in [1.165, 1.54) is 18.4 Å². The van der Waals surface area contributed by atoms with E-state index in [1.807, 2.05) is 0 Å². The molecule has 0 N–H and O–H groups in total. The largest absolute Gasteiger partial charge is 0.463 e. The Hall–Kier alpha value is -0.680. The summed E-state index contributed by atoms with van der Waals surface area (Å²) in [5, 5.41) is 0. The van der Waals surface area contributed by atoms with E-state index in [-0.39, 0.29) is 0 Å². The van der Waals surface area contributed by atoms with Gasteiger partial charge in [0.1, 0.15) is 0 Å². The lowest BCUT2D eigenvalue weighted by molar-refractivity contribution is -0.135. The van der Waals surface area contributed by atoms with Gasteiger partial charge in [0.05, 0.1) is 15.8 Å². The van der Waals surface area contributed by atoms with E-state index in [1.54, 1.807) is 12.1 Å². The van der Waals surface area contributed by atoms with Gasteiger partial charge in [-0.25, -0.2) is 4.79 Å². The minimum atomic E-state index is -0.829. The second-order valence-corrected chi connectivity index (χ2v) is 4.39. The molecule has 0 aliphatic carbocycles. The molecule has 1 aromatic rings. The number of ketones is 1. The molecule has 0 unspecified atom stereocenters. The summed E-state index contributed by atoms with van der Waals surface area (Å²) in [6.45, 7) is 0. The molecule has 0 aliphatic rings. The number of thiophene rings is 1. The number of esters is 1. The molecule has 3 nitrogen and oxygen atoms in total. The normalized spacial score (nSPS) is 9.50. The number of ether oxygens (including phenoxy) is 1. The lowest BCUT2D eigenvalue weighted by Crippen LogP contribution is -2.13. The van der Waals surface area contributed by atoms with Crippen LogP contribution in [0, 0.1) is 0 Å². The topological polar surface area (TPSA) is 43.4 Å². The first-order chi connectivity index (χ1) is 5.65. The van der Waals surface area contributed by atoms with Crippen molar-refractivity contribution in [2.75, 3.05) is 7.11 Å². The van der Waals surface area contributed by atoms with Gasteiger partial charge in [-0.3, -0.25) is 4.79 Å². The Labute approximate surface area is 81.5 Å². The predicted octanol–water partition coefficient (Wildman–Crippen LogP) is 1.87. The van der Waals surface area contributed by atoms with Crippen molar-refractivity contribution in [3.8, 4) is 0 Å². The van der Waals surface area contributed by atoms with Gasteiger partial charge >= 0.3 is 5.97 Å². The molecular formula is C7H5BrO3S. The predicted molar refractivity (Wildman–Crippen MR) is 48.4 cm³/mol. The number of rotatable bonds is 2. The molecule has 1 rings (SSSR count). The van der Waals surface area contributed by atoms with Crippen LogP contribution >= 0.6 is 27.3 Å². The summed E-state index contributed by atoms with van der Waals surface area (Å²) in [6.07, 6.45) is 0. The Bertz CT molecular complexity index is 318. The Morgan fingerprint density at radius 2 is 2.17 bits per heavy atom. The van der Waals surface area contributed by atoms with Crippen molar-refractivity contribution in [1.29, 1.82) is 0 Å². The molecule has 0 amide bonds. The quantitative estimate of drug-likeness (QED) is 0.456. The molecule has 0 aliphatic heterocycles. The van der Waals surface area contributed by atoms with Crippen LogP contribution in [-0.4, -0.2) is 18.9 Å². The molecular weight excluding hydrogens is 244 g/mol. The SMILES string of the molecule is COC(=O)C(=O)c1ccc(Br)s1. The number of carbonyl (C=O) groups excluding carboxylic acids is 2. The highest BCUT2D eigenvalue weighted by Crippen LogP contribution is 2.22. The highest BCUT2D eigenvalue weighted by Gasteiger charge is 2.17. The standard InChI is InChI=1S/C7H5BrO3S/c1-11-7(10)6(9)4-2-3-5(8)12-4/h2-3H,1H3. The van der Waals surface area contributed by atoms with E-state index in [2.05, 4.69) is 20.7 Å². The molecule has 0 spiro atoms. The van der Waals surface area contributed by atoms with Gasteiger partial charge < -0.3 is 4.74 Å². The fraction of sp³-hybridized carbons (Fsp3) is 0.143. The van der Waals surface area contributed by atoms with Gasteiger partial charge in [-0.2, -0.15) is 0 Å². The fourth-order valence-corrected chi connectivity index (χ4v) is 1.94. The Balaban J connectivity index is 2.85. The van der Waals surface area contributed by atoms with E-state index < -0.39 is 11.8 Å². The summed E-state index contributed by atoms with van der Waals surface area (Å²) in [5.74, 6) is -1.43. The Morgan fingerprint density at radius 1 is 1.50 bits per heavy atom. The zero-order valence-electron chi connectivity index (χ0n) is 6.17. The van der Waals surface area contributed by atoms with Crippen molar-refractivity contribution in [3.63, 3.8) is 0 Å². The van der Waals surface area contributed by atoms with Gasteiger partial charge in [-0.05, 0) is 28.1 Å². The van der Waals surface area contributed by atoms with Gasteiger partial charge in [0.15, 0.2) is 0 Å². The molecule has 0 radical (unpaired) electrons. The lowest BCUT2D eigenvalue weighted by atomic mass is 10.3. The highest BCUT2D eigenvalue weighted by molar-refractivity contribution is 9.11. The third-order valence-electron chi connectivity index (χ3n) is 1.17. The molecule has 0 saturated carbocycles. The van der Waals surface area contributed by atoms with Crippen molar-refractivity contribution < 1.29 is 14.3 Å². The zero-order chi connectivity index (χ0) is 9.14. The third kappa shape index (κ3) is 1.92. The van der Waals surface area contributed by atoms with E-state index in [0.717, 1.165) is 3.79 Å². The van der Waals surface area contributed by atoms with Gasteiger partial charge in [-0.15, -0.1) is 11.3 Å². The number of hydrogen-bond acceptors (Lipinski definition) is 4. The lowest BCUT2D eigenvalue weighted by Gasteiger charge is -1.92. The monoisotopic (exact) mass is 248 g/mol. The molecule has 0 bridgehead atoms. The number of Topliss-reactive ketones (excluding diaryl/α,β-unsaturated/α-hetero) is 1. The van der Waals surface area contributed by atoms with Crippen molar-refractivity contribution in [2.24, 2.45) is 0 Å². The molecule has 0 saturated heterocycles. The molecule has 5 heteroatoms. The van der Waals surface area contributed by atoms with E-state index in [9.17, 15) is 9.59 Å². The molecule has 1 heterocycles. The summed E-state index contributed by atoms with van der Waals surface area (Å²) in [4.78, 5) is 22.2. The van der Waals surface area contributed by atoms with E-state index in [4.69, 9.17) is 0 Å². The van der Waals surface area contributed by atoms with Gasteiger partial charge in [0.25, 0.3) is 5.78 Å². The smallest absolute Gasteiger partial charge is 0.380 e. The summed E-state index contributed by atoms with van der Waals surface area (Å²) in [6, 6.07) is 3.29. The first-order valence-electron chi connectivity index (χ1n) is 3.03. The molecule has 12 heavy (non-hydrogen) atoms. The number of carbonyl (C=O) groups is 2. The van der Waals surface area contributed by atoms with Gasteiger partial charge in [-0.1, -0.05) is 0 Å². The maximum Gasteiger partial charge on any atom is 0.380 e. The van der Waals surface area contributed by atoms with Crippen molar-refractivity contribution in [2.45, 2.75) is 0 Å². The van der Waals surface area contributed by atoms with Gasteiger partial charge in [0, 0.05) is 0 Å². The second kappa shape index (κ2) is 3.82. The first-order valence-corrected chi connectivity index (χ1v) is 4.64. The molecule has 0 atom stereocenters.